The standard InChI is InChI=1S/C20H17N7/c1-14-9-19-24-20(17-7-2-3-8-18(17)27(19)25-14)23-16-6-4-5-15(10-16)11-26-13-21-12-22-26/h2-10,12-13H,11H2,1H3,(H,23,24). The summed E-state index contributed by atoms with van der Waals surface area (Å²) in [6.45, 7) is 2.65. The number of para-hydroxylation sites is 1. The van der Waals surface area contributed by atoms with Gasteiger partial charge in [0, 0.05) is 17.1 Å². The first-order valence-electron chi connectivity index (χ1n) is 8.70. The molecular weight excluding hydrogens is 338 g/mol. The van der Waals surface area contributed by atoms with Crippen molar-refractivity contribution >= 4 is 28.1 Å². The number of rotatable bonds is 4. The lowest BCUT2D eigenvalue weighted by molar-refractivity contribution is 0.685. The Bertz CT molecular complexity index is 1240. The molecule has 0 saturated carbocycles. The third kappa shape index (κ3) is 2.89. The van der Waals surface area contributed by atoms with Gasteiger partial charge in [-0.25, -0.2) is 19.2 Å². The Labute approximate surface area is 155 Å². The maximum absolute atomic E-state index is 4.79. The Hall–Kier alpha value is -3.74. The maximum Gasteiger partial charge on any atom is 0.158 e. The van der Waals surface area contributed by atoms with Gasteiger partial charge in [-0.2, -0.15) is 10.2 Å². The molecule has 7 heteroatoms. The minimum absolute atomic E-state index is 0.671. The van der Waals surface area contributed by atoms with E-state index in [-0.39, 0.29) is 0 Å². The molecule has 0 aliphatic heterocycles. The summed E-state index contributed by atoms with van der Waals surface area (Å²) >= 11 is 0. The number of aromatic nitrogens is 6. The van der Waals surface area contributed by atoms with E-state index in [1.54, 1.807) is 17.3 Å². The van der Waals surface area contributed by atoms with Crippen molar-refractivity contribution in [3.63, 3.8) is 0 Å². The minimum atomic E-state index is 0.671. The lowest BCUT2D eigenvalue weighted by Crippen LogP contribution is -2.02. The molecule has 27 heavy (non-hydrogen) atoms. The summed E-state index contributed by atoms with van der Waals surface area (Å²) in [5.41, 5.74) is 4.91. The first kappa shape index (κ1) is 15.5. The normalized spacial score (nSPS) is 11.3. The van der Waals surface area contributed by atoms with Gasteiger partial charge >= 0.3 is 0 Å². The number of nitrogens with one attached hydrogen (secondary N) is 1. The zero-order valence-electron chi connectivity index (χ0n) is 14.7. The van der Waals surface area contributed by atoms with Gasteiger partial charge in [0.15, 0.2) is 5.65 Å². The highest BCUT2D eigenvalue weighted by Crippen LogP contribution is 2.26. The molecule has 5 rings (SSSR count). The largest absolute Gasteiger partial charge is 0.340 e. The average Bonchev–Trinajstić information content (AvgIpc) is 3.31. The van der Waals surface area contributed by atoms with E-state index in [1.165, 1.54) is 0 Å². The monoisotopic (exact) mass is 355 g/mol. The van der Waals surface area contributed by atoms with E-state index < -0.39 is 0 Å². The van der Waals surface area contributed by atoms with Gasteiger partial charge in [-0.1, -0.05) is 24.3 Å². The predicted molar refractivity (Wildman–Crippen MR) is 104 cm³/mol. The third-order valence-corrected chi connectivity index (χ3v) is 4.43. The van der Waals surface area contributed by atoms with Crippen LogP contribution >= 0.6 is 0 Å². The Morgan fingerprint density at radius 3 is 2.85 bits per heavy atom. The zero-order chi connectivity index (χ0) is 18.2. The molecule has 0 unspecified atom stereocenters. The highest BCUT2D eigenvalue weighted by atomic mass is 15.3. The molecule has 132 valence electrons. The quantitative estimate of drug-likeness (QED) is 0.533. The first-order chi connectivity index (χ1) is 13.3. The minimum Gasteiger partial charge on any atom is -0.340 e. The van der Waals surface area contributed by atoms with E-state index >= 15 is 0 Å². The number of benzene rings is 2. The van der Waals surface area contributed by atoms with E-state index in [0.717, 1.165) is 39.3 Å². The van der Waals surface area contributed by atoms with Crippen molar-refractivity contribution in [3.05, 3.63) is 78.5 Å². The Kier molecular flexibility index (Phi) is 3.57. The molecule has 0 aliphatic rings. The molecule has 1 N–H and O–H groups in total. The fourth-order valence-electron chi connectivity index (χ4n) is 3.26. The van der Waals surface area contributed by atoms with Crippen LogP contribution in [0.5, 0.6) is 0 Å². The SMILES string of the molecule is Cc1cc2nc(Nc3cccc(Cn4cncn4)c3)c3ccccc3n2n1. The van der Waals surface area contributed by atoms with Crippen LogP contribution in [0.2, 0.25) is 0 Å². The lowest BCUT2D eigenvalue weighted by Gasteiger charge is -2.11. The van der Waals surface area contributed by atoms with Gasteiger partial charge in [-0.15, -0.1) is 0 Å². The van der Waals surface area contributed by atoms with Crippen molar-refractivity contribution in [2.75, 3.05) is 5.32 Å². The van der Waals surface area contributed by atoms with Gasteiger partial charge in [-0.05, 0) is 36.8 Å². The summed E-state index contributed by atoms with van der Waals surface area (Å²) in [7, 11) is 0. The summed E-state index contributed by atoms with van der Waals surface area (Å²) in [5.74, 6) is 0.816. The molecule has 0 radical (unpaired) electrons. The number of hydrogen-bond donors (Lipinski definition) is 1. The zero-order valence-corrected chi connectivity index (χ0v) is 14.7. The van der Waals surface area contributed by atoms with Crippen LogP contribution in [0.1, 0.15) is 11.3 Å². The molecule has 0 saturated heterocycles. The molecule has 0 fully saturated rings. The fourth-order valence-corrected chi connectivity index (χ4v) is 3.26. The van der Waals surface area contributed by atoms with Gasteiger partial charge in [-0.3, -0.25) is 0 Å². The van der Waals surface area contributed by atoms with E-state index in [0.29, 0.717) is 6.54 Å². The van der Waals surface area contributed by atoms with Crippen LogP contribution in [-0.2, 0) is 6.54 Å². The van der Waals surface area contributed by atoms with Gasteiger partial charge in [0.2, 0.25) is 0 Å². The summed E-state index contributed by atoms with van der Waals surface area (Å²) in [5, 5.41) is 13.2. The van der Waals surface area contributed by atoms with Crippen LogP contribution in [0.4, 0.5) is 11.5 Å². The van der Waals surface area contributed by atoms with Crippen molar-refractivity contribution in [3.8, 4) is 0 Å². The van der Waals surface area contributed by atoms with E-state index in [9.17, 15) is 0 Å². The summed E-state index contributed by atoms with van der Waals surface area (Å²) in [6.07, 6.45) is 3.26. The molecule has 0 aliphatic carbocycles. The molecule has 0 spiro atoms. The summed E-state index contributed by atoms with van der Waals surface area (Å²) in [6, 6.07) is 18.4. The van der Waals surface area contributed by atoms with Gasteiger partial charge in [0.25, 0.3) is 0 Å². The molecule has 5 aromatic rings. The number of hydrogen-bond acceptors (Lipinski definition) is 5. The van der Waals surface area contributed by atoms with E-state index in [4.69, 9.17) is 4.98 Å². The van der Waals surface area contributed by atoms with Crippen molar-refractivity contribution in [1.29, 1.82) is 0 Å². The van der Waals surface area contributed by atoms with E-state index in [2.05, 4.69) is 44.8 Å². The number of anilines is 2. The van der Waals surface area contributed by atoms with Crippen LogP contribution in [0, 0.1) is 6.92 Å². The van der Waals surface area contributed by atoms with Crippen molar-refractivity contribution in [2.24, 2.45) is 0 Å². The molecule has 2 aromatic carbocycles. The average molecular weight is 355 g/mol. The summed E-state index contributed by atoms with van der Waals surface area (Å²) in [4.78, 5) is 8.78. The Balaban J connectivity index is 1.56. The van der Waals surface area contributed by atoms with E-state index in [1.807, 2.05) is 41.8 Å². The lowest BCUT2D eigenvalue weighted by atomic mass is 10.2. The molecule has 0 amide bonds. The number of fused-ring (bicyclic) bond motifs is 3. The first-order valence-corrected chi connectivity index (χ1v) is 8.70. The van der Waals surface area contributed by atoms with Crippen LogP contribution in [0.25, 0.3) is 16.6 Å². The molecule has 0 atom stereocenters. The second-order valence-electron chi connectivity index (χ2n) is 6.45. The molecule has 3 aromatic heterocycles. The van der Waals surface area contributed by atoms with Crippen molar-refractivity contribution < 1.29 is 0 Å². The third-order valence-electron chi connectivity index (χ3n) is 4.43. The smallest absolute Gasteiger partial charge is 0.158 e. The Morgan fingerprint density at radius 2 is 1.96 bits per heavy atom. The van der Waals surface area contributed by atoms with Gasteiger partial charge in [0.05, 0.1) is 17.8 Å². The summed E-state index contributed by atoms with van der Waals surface area (Å²) < 4.78 is 3.69. The van der Waals surface area contributed by atoms with Gasteiger partial charge in [0.1, 0.15) is 18.5 Å². The van der Waals surface area contributed by atoms with Crippen LogP contribution in [0.15, 0.2) is 67.3 Å². The second-order valence-corrected chi connectivity index (χ2v) is 6.45. The van der Waals surface area contributed by atoms with Crippen molar-refractivity contribution in [1.82, 2.24) is 29.4 Å². The maximum atomic E-state index is 4.79. The molecule has 7 nitrogen and oxygen atoms in total. The highest BCUT2D eigenvalue weighted by molar-refractivity contribution is 5.92. The highest BCUT2D eigenvalue weighted by Gasteiger charge is 2.10. The van der Waals surface area contributed by atoms with Crippen LogP contribution in [0.3, 0.4) is 0 Å². The molecule has 3 heterocycles. The predicted octanol–water partition coefficient (Wildman–Crippen LogP) is 3.57. The topological polar surface area (TPSA) is 72.9 Å². The Morgan fingerprint density at radius 1 is 1.04 bits per heavy atom. The van der Waals surface area contributed by atoms with Gasteiger partial charge < -0.3 is 5.32 Å². The van der Waals surface area contributed by atoms with Crippen LogP contribution in [-0.4, -0.2) is 29.4 Å². The number of nitrogens with zero attached hydrogens (tertiary/aromatic N) is 6. The number of aryl methyl sites for hydroxylation is 1. The molecular formula is C20H17N7. The van der Waals surface area contributed by atoms with Crippen LogP contribution < -0.4 is 5.32 Å². The molecule has 0 bridgehead atoms. The fraction of sp³-hybridized carbons (Fsp3) is 0.100. The second kappa shape index (κ2) is 6.21. The van der Waals surface area contributed by atoms with Crippen molar-refractivity contribution in [2.45, 2.75) is 13.5 Å².